The minimum absolute atomic E-state index is 0.108. The van der Waals surface area contributed by atoms with E-state index in [2.05, 4.69) is 5.32 Å². The number of nitrogens with one attached hydrogen (secondary N) is 1. The fourth-order valence-electron chi connectivity index (χ4n) is 2.74. The van der Waals surface area contributed by atoms with Crippen molar-refractivity contribution < 1.29 is 19.1 Å². The second kappa shape index (κ2) is 10.4. The van der Waals surface area contributed by atoms with Crippen molar-refractivity contribution in [2.45, 2.75) is 17.9 Å². The van der Waals surface area contributed by atoms with Crippen molar-refractivity contribution in [3.8, 4) is 5.75 Å². The molecule has 1 atom stereocenters. The van der Waals surface area contributed by atoms with Gasteiger partial charge >= 0.3 is 0 Å². The zero-order valence-electron chi connectivity index (χ0n) is 16.7. The predicted octanol–water partition coefficient (Wildman–Crippen LogP) is 4.03. The smallest absolute Gasteiger partial charge is 0.293 e. The summed E-state index contributed by atoms with van der Waals surface area (Å²) in [6, 6.07) is 16.8. The maximum absolute atomic E-state index is 12.6. The molecule has 2 aromatic carbocycles. The molecule has 1 aliphatic rings. The van der Waals surface area contributed by atoms with Gasteiger partial charge in [-0.3, -0.25) is 19.3 Å². The number of hydrogen-bond acceptors (Lipinski definition) is 6. The average Bonchev–Trinajstić information content (AvgIpc) is 3.02. The van der Waals surface area contributed by atoms with Gasteiger partial charge in [0.1, 0.15) is 5.75 Å². The van der Waals surface area contributed by atoms with Crippen LogP contribution >= 0.6 is 23.5 Å². The molecule has 8 heteroatoms. The molecule has 1 fully saturated rings. The summed E-state index contributed by atoms with van der Waals surface area (Å²) in [5, 5.41) is 2.37. The monoisotopic (exact) mass is 442 g/mol. The lowest BCUT2D eigenvalue weighted by Gasteiger charge is -2.16. The molecule has 1 heterocycles. The van der Waals surface area contributed by atoms with E-state index in [0.29, 0.717) is 10.7 Å². The van der Waals surface area contributed by atoms with Crippen LogP contribution in [0.15, 0.2) is 64.4 Å². The molecule has 6 nitrogen and oxygen atoms in total. The molecule has 0 bridgehead atoms. The van der Waals surface area contributed by atoms with E-state index in [9.17, 15) is 14.4 Å². The number of benzene rings is 2. The molecule has 3 amide bonds. The van der Waals surface area contributed by atoms with Crippen LogP contribution in [0.2, 0.25) is 0 Å². The highest BCUT2D eigenvalue weighted by molar-refractivity contribution is 8.18. The average molecular weight is 443 g/mol. The molecular weight excluding hydrogens is 420 g/mol. The Morgan fingerprint density at radius 1 is 1.17 bits per heavy atom. The highest BCUT2D eigenvalue weighted by atomic mass is 32.2. The number of amides is 3. The number of carbonyl (C=O) groups is 3. The van der Waals surface area contributed by atoms with Gasteiger partial charge in [0, 0.05) is 18.0 Å². The zero-order chi connectivity index (χ0) is 21.5. The number of imide groups is 1. The molecular formula is C22H22N2O4S2. The van der Waals surface area contributed by atoms with E-state index < -0.39 is 6.10 Å². The Morgan fingerprint density at radius 2 is 1.87 bits per heavy atom. The molecule has 0 unspecified atom stereocenters. The summed E-state index contributed by atoms with van der Waals surface area (Å²) >= 11 is 2.55. The van der Waals surface area contributed by atoms with Crippen LogP contribution in [0.1, 0.15) is 12.5 Å². The van der Waals surface area contributed by atoms with Crippen molar-refractivity contribution in [1.82, 2.24) is 10.2 Å². The maximum Gasteiger partial charge on any atom is 0.293 e. The number of thioether (sulfide) groups is 2. The molecule has 0 spiro atoms. The Hall–Kier alpha value is -2.71. The topological polar surface area (TPSA) is 75.7 Å². The van der Waals surface area contributed by atoms with Crippen molar-refractivity contribution in [3.05, 3.63) is 65.1 Å². The van der Waals surface area contributed by atoms with E-state index in [1.165, 1.54) is 0 Å². The third-order valence-corrected chi connectivity index (χ3v) is 6.00. The summed E-state index contributed by atoms with van der Waals surface area (Å²) in [7, 11) is 0. The third-order valence-electron chi connectivity index (χ3n) is 4.35. The van der Waals surface area contributed by atoms with Crippen LogP contribution in [0.3, 0.4) is 0 Å². The van der Waals surface area contributed by atoms with E-state index in [0.717, 1.165) is 27.1 Å². The number of nitrogens with zero attached hydrogens (tertiary/aromatic N) is 1. The van der Waals surface area contributed by atoms with E-state index in [1.807, 2.05) is 48.7 Å². The van der Waals surface area contributed by atoms with E-state index in [-0.39, 0.29) is 30.1 Å². The predicted molar refractivity (Wildman–Crippen MR) is 120 cm³/mol. The van der Waals surface area contributed by atoms with Crippen LogP contribution in [0.25, 0.3) is 6.08 Å². The van der Waals surface area contributed by atoms with Crippen LogP contribution in [0.4, 0.5) is 4.79 Å². The molecule has 1 saturated heterocycles. The number of carbonyl (C=O) groups excluding carboxylic acids is 3. The van der Waals surface area contributed by atoms with Gasteiger partial charge in [-0.1, -0.05) is 30.3 Å². The molecule has 1 N–H and O–H groups in total. The van der Waals surface area contributed by atoms with Crippen LogP contribution < -0.4 is 10.1 Å². The van der Waals surface area contributed by atoms with Crippen LogP contribution in [-0.2, 0) is 9.59 Å². The van der Waals surface area contributed by atoms with Crippen molar-refractivity contribution in [1.29, 1.82) is 0 Å². The summed E-state index contributed by atoms with van der Waals surface area (Å²) in [4.78, 5) is 39.6. The molecule has 156 valence electrons. The van der Waals surface area contributed by atoms with E-state index in [4.69, 9.17) is 4.74 Å². The Morgan fingerprint density at radius 3 is 2.53 bits per heavy atom. The highest BCUT2D eigenvalue weighted by Gasteiger charge is 2.34. The van der Waals surface area contributed by atoms with Crippen molar-refractivity contribution in [2.75, 3.05) is 19.3 Å². The Kier molecular flexibility index (Phi) is 7.59. The number of hydrogen-bond donors (Lipinski definition) is 1. The number of para-hydroxylation sites is 1. The van der Waals surface area contributed by atoms with Crippen molar-refractivity contribution in [2.24, 2.45) is 0 Å². The summed E-state index contributed by atoms with van der Waals surface area (Å²) in [6.07, 6.45) is 3.02. The van der Waals surface area contributed by atoms with Gasteiger partial charge in [-0.2, -0.15) is 0 Å². The van der Waals surface area contributed by atoms with Crippen molar-refractivity contribution in [3.63, 3.8) is 0 Å². The minimum atomic E-state index is -0.688. The van der Waals surface area contributed by atoms with Gasteiger partial charge in [-0.05, 0) is 60.8 Å². The maximum atomic E-state index is 12.6. The molecule has 2 aromatic rings. The van der Waals surface area contributed by atoms with Gasteiger partial charge in [-0.15, -0.1) is 11.8 Å². The second-order valence-electron chi connectivity index (χ2n) is 6.47. The van der Waals surface area contributed by atoms with Crippen molar-refractivity contribution >= 4 is 46.7 Å². The van der Waals surface area contributed by atoms with Gasteiger partial charge < -0.3 is 10.1 Å². The highest BCUT2D eigenvalue weighted by Crippen LogP contribution is 2.32. The van der Waals surface area contributed by atoms with E-state index in [1.54, 1.807) is 36.9 Å². The quantitative estimate of drug-likeness (QED) is 0.491. The van der Waals surface area contributed by atoms with Crippen LogP contribution in [0, 0.1) is 0 Å². The fraction of sp³-hybridized carbons (Fsp3) is 0.227. The van der Waals surface area contributed by atoms with Gasteiger partial charge in [0.25, 0.3) is 17.1 Å². The summed E-state index contributed by atoms with van der Waals surface area (Å²) in [5.41, 5.74) is 0.860. The first-order valence-electron chi connectivity index (χ1n) is 9.37. The SMILES string of the molecule is CSc1ccc(/C=C2\SC(=O)N(CCNC(=O)[C@H](C)Oc3ccccc3)C2=O)cc1. The normalized spacial score (nSPS) is 16.1. The molecule has 1 aliphatic heterocycles. The lowest BCUT2D eigenvalue weighted by atomic mass is 10.2. The Balaban J connectivity index is 1.51. The zero-order valence-corrected chi connectivity index (χ0v) is 18.3. The summed E-state index contributed by atoms with van der Waals surface area (Å²) in [6.45, 7) is 1.92. The second-order valence-corrected chi connectivity index (χ2v) is 8.34. The standard InChI is InChI=1S/C22H22N2O4S2/c1-15(28-17-6-4-3-5-7-17)20(25)23-12-13-24-21(26)19(30-22(24)27)14-16-8-10-18(29-2)11-9-16/h3-11,14-15H,12-13H2,1-2H3,(H,23,25)/b19-14-/t15-/m0/s1. The van der Waals surface area contributed by atoms with E-state index >= 15 is 0 Å². The fourth-order valence-corrected chi connectivity index (χ4v) is 4.01. The van der Waals surface area contributed by atoms with Crippen LogP contribution in [0.5, 0.6) is 5.75 Å². The third kappa shape index (κ3) is 5.67. The molecule has 0 radical (unpaired) electrons. The first-order valence-corrected chi connectivity index (χ1v) is 11.4. The summed E-state index contributed by atoms with van der Waals surface area (Å²) in [5.74, 6) is -0.0567. The lowest BCUT2D eigenvalue weighted by molar-refractivity contribution is -0.128. The Labute approximate surface area is 184 Å². The first-order chi connectivity index (χ1) is 14.5. The van der Waals surface area contributed by atoms with Gasteiger partial charge in [0.2, 0.25) is 0 Å². The molecule has 3 rings (SSSR count). The molecule has 0 aliphatic carbocycles. The minimum Gasteiger partial charge on any atom is -0.481 e. The molecule has 0 aromatic heterocycles. The van der Waals surface area contributed by atoms with Gasteiger partial charge in [0.15, 0.2) is 6.10 Å². The summed E-state index contributed by atoms with van der Waals surface area (Å²) < 4.78 is 5.57. The number of ether oxygens (including phenoxy) is 1. The molecule has 30 heavy (non-hydrogen) atoms. The largest absolute Gasteiger partial charge is 0.481 e. The van der Waals surface area contributed by atoms with Gasteiger partial charge in [0.05, 0.1) is 4.91 Å². The van der Waals surface area contributed by atoms with Crippen LogP contribution in [-0.4, -0.2) is 47.4 Å². The van der Waals surface area contributed by atoms with Gasteiger partial charge in [-0.25, -0.2) is 0 Å². The number of rotatable bonds is 8. The Bertz CT molecular complexity index is 945. The first kappa shape index (κ1) is 22.0. The lowest BCUT2D eigenvalue weighted by Crippen LogP contribution is -2.41. The molecule has 0 saturated carbocycles.